The van der Waals surface area contributed by atoms with Crippen LogP contribution in [-0.2, 0) is 19.2 Å². The second-order valence-corrected chi connectivity index (χ2v) is 11.6. The van der Waals surface area contributed by atoms with Crippen molar-refractivity contribution in [1.82, 2.24) is 29.8 Å². The lowest BCUT2D eigenvalue weighted by atomic mass is 10.0. The monoisotopic (exact) mass is 600 g/mol. The zero-order valence-electron chi connectivity index (χ0n) is 18.5. The molecule has 15 nitrogen and oxygen atoms in total. The number of nitrogen functional groups attached to an aromatic ring is 1. The summed E-state index contributed by atoms with van der Waals surface area (Å²) < 4.78 is 4.44. The van der Waals surface area contributed by atoms with Crippen LogP contribution in [0.4, 0.5) is 5.13 Å². The smallest absolute Gasteiger partial charge is 0.353 e. The highest BCUT2D eigenvalue weighted by molar-refractivity contribution is 8.01. The first-order valence-electron chi connectivity index (χ1n) is 9.89. The summed E-state index contributed by atoms with van der Waals surface area (Å²) in [4.78, 5) is 47.9. The summed E-state index contributed by atoms with van der Waals surface area (Å²) in [6.45, 7) is 0. The van der Waals surface area contributed by atoms with Gasteiger partial charge >= 0.3 is 5.97 Å². The second kappa shape index (κ2) is 11.0. The number of nitrogens with two attached hydrogens (primary N) is 2. The summed E-state index contributed by atoms with van der Waals surface area (Å²) >= 11 is 9.92. The number of oxime groups is 1. The van der Waals surface area contributed by atoms with Crippen LogP contribution in [0.15, 0.2) is 20.8 Å². The molecule has 2 atom stereocenters. The third-order valence-corrected chi connectivity index (χ3v) is 9.25. The number of rotatable bonds is 10. The molecule has 2 aromatic heterocycles. The fraction of sp³-hybridized carbons (Fsp3) is 0.294. The number of carbonyl (C=O) groups excluding carboxylic acids is 2. The largest absolute Gasteiger partial charge is 0.477 e. The number of carboxylic acids is 1. The van der Waals surface area contributed by atoms with E-state index in [1.165, 1.54) is 30.6 Å². The van der Waals surface area contributed by atoms with E-state index in [1.54, 1.807) is 0 Å². The summed E-state index contributed by atoms with van der Waals surface area (Å²) in [5.41, 5.74) is 10.6. The van der Waals surface area contributed by atoms with Crippen LogP contribution in [0.3, 0.4) is 0 Å². The van der Waals surface area contributed by atoms with E-state index < -0.39 is 29.2 Å². The molecule has 2 amide bonds. The van der Waals surface area contributed by atoms with Gasteiger partial charge in [-0.1, -0.05) is 40.5 Å². The first kappa shape index (κ1) is 26.9. The van der Waals surface area contributed by atoms with Gasteiger partial charge in [0.15, 0.2) is 14.5 Å². The van der Waals surface area contributed by atoms with Crippen LogP contribution in [0.5, 0.6) is 0 Å². The third-order valence-electron chi connectivity index (χ3n) is 4.73. The Hall–Kier alpha value is -3.20. The molecule has 0 radical (unpaired) electrons. The predicted molar refractivity (Wildman–Crippen MR) is 142 cm³/mol. The summed E-state index contributed by atoms with van der Waals surface area (Å²) in [6.07, 6.45) is 0. The summed E-state index contributed by atoms with van der Waals surface area (Å²) in [5.74, 6) is -2.50. The van der Waals surface area contributed by atoms with E-state index in [0.29, 0.717) is 9.35 Å². The summed E-state index contributed by atoms with van der Waals surface area (Å²) in [6, 6.07) is -1.03. The number of thioether (sulfide) groups is 2. The topological polar surface area (TPSA) is 236 Å². The number of nitrogens with zero attached hydrogens (tertiary/aromatic N) is 6. The van der Waals surface area contributed by atoms with Crippen molar-refractivity contribution in [2.45, 2.75) is 15.8 Å². The van der Waals surface area contributed by atoms with E-state index in [4.69, 9.17) is 33.9 Å². The number of anilines is 1. The molecule has 0 bridgehead atoms. The van der Waals surface area contributed by atoms with Crippen LogP contribution in [0.25, 0.3) is 0 Å². The van der Waals surface area contributed by atoms with Gasteiger partial charge in [0.25, 0.3) is 11.8 Å². The number of hydrogen-bond acceptors (Lipinski definition) is 16. The Labute approximate surface area is 229 Å². The highest BCUT2D eigenvalue weighted by atomic mass is 32.2. The van der Waals surface area contributed by atoms with Gasteiger partial charge in [-0.2, -0.15) is 9.36 Å². The molecule has 0 aliphatic carbocycles. The molecule has 7 N–H and O–H groups in total. The van der Waals surface area contributed by atoms with Gasteiger partial charge in [-0.05, 0) is 0 Å². The minimum atomic E-state index is -1.35. The van der Waals surface area contributed by atoms with Crippen LogP contribution in [0.1, 0.15) is 10.8 Å². The molecule has 4 rings (SSSR count). The number of amides is 2. The first-order chi connectivity index (χ1) is 17.6. The Balaban J connectivity index is 1.53. The molecule has 0 aromatic carbocycles. The van der Waals surface area contributed by atoms with Crippen molar-refractivity contribution in [3.63, 3.8) is 0 Å². The number of amidine groups is 1. The van der Waals surface area contributed by atoms with E-state index >= 15 is 0 Å². The van der Waals surface area contributed by atoms with Gasteiger partial charge in [0.05, 0.1) is 10.6 Å². The van der Waals surface area contributed by atoms with Gasteiger partial charge in [-0.15, -0.1) is 22.0 Å². The van der Waals surface area contributed by atoms with Crippen LogP contribution >= 0.6 is 58.6 Å². The van der Waals surface area contributed by atoms with Crippen molar-refractivity contribution in [1.29, 1.82) is 5.41 Å². The molecule has 0 saturated carbocycles. The average molecular weight is 601 g/mol. The number of nitrogens with one attached hydrogen (secondary N) is 2. The lowest BCUT2D eigenvalue weighted by molar-refractivity contribution is -0.150. The van der Waals surface area contributed by atoms with E-state index in [-0.39, 0.29) is 50.1 Å². The Morgan fingerprint density at radius 3 is 2.81 bits per heavy atom. The molecule has 1 fully saturated rings. The second-order valence-electron chi connectivity index (χ2n) is 7.09. The predicted octanol–water partition coefficient (Wildman–Crippen LogP) is -0.493. The van der Waals surface area contributed by atoms with E-state index in [0.717, 1.165) is 27.8 Å². The highest BCUT2D eigenvalue weighted by Gasteiger charge is 2.55. The van der Waals surface area contributed by atoms with Gasteiger partial charge in [-0.25, -0.2) is 4.79 Å². The van der Waals surface area contributed by atoms with Crippen LogP contribution in [0, 0.1) is 5.41 Å². The standard InChI is InChI=1S/C17H16N10O5S5/c1-32-25-6(10-22-16(20)37-26-10)11(28)21-7-13(29)27-8(15(30)31)4(2-34-14(7)27)9(33)12-23-24-17(36-12)35-3-5(18)19/h7,14H,2-3H2,1H3,(H3,18,19)(H,21,28)(H,30,31)(H2,20,22,26)/t7-,14+/m1/s1. The van der Waals surface area contributed by atoms with Crippen LogP contribution < -0.4 is 16.8 Å². The van der Waals surface area contributed by atoms with E-state index in [1.807, 2.05) is 0 Å². The average Bonchev–Trinajstić information content (AvgIpc) is 3.51. The van der Waals surface area contributed by atoms with Crippen molar-refractivity contribution in [3.8, 4) is 0 Å². The number of aliphatic carboxylic acids is 1. The Kier molecular flexibility index (Phi) is 8.02. The van der Waals surface area contributed by atoms with Crippen molar-refractivity contribution in [2.24, 2.45) is 10.9 Å². The summed E-state index contributed by atoms with van der Waals surface area (Å²) in [7, 11) is 1.23. The zero-order valence-corrected chi connectivity index (χ0v) is 22.6. The Bertz CT molecular complexity index is 1370. The zero-order chi connectivity index (χ0) is 26.9. The van der Waals surface area contributed by atoms with Crippen molar-refractivity contribution < 1.29 is 24.3 Å². The maximum atomic E-state index is 13.0. The maximum absolute atomic E-state index is 13.0. The fourth-order valence-electron chi connectivity index (χ4n) is 3.24. The van der Waals surface area contributed by atoms with Gasteiger partial charge in [0.2, 0.25) is 11.5 Å². The van der Waals surface area contributed by atoms with Gasteiger partial charge in [-0.3, -0.25) is 19.9 Å². The van der Waals surface area contributed by atoms with Crippen LogP contribution in [-0.4, -0.2) is 93.8 Å². The quantitative estimate of drug-likeness (QED) is 0.0440. The molecule has 2 aliphatic rings. The van der Waals surface area contributed by atoms with Gasteiger partial charge < -0.3 is 26.7 Å². The molecule has 0 unspecified atom stereocenters. The number of thiocarbonyl (C=S) groups is 1. The number of aromatic nitrogens is 4. The molecular formula is C17H16N10O5S5. The number of hydrogen-bond donors (Lipinski definition) is 5. The normalized spacial score (nSPS) is 19.2. The molecule has 20 heteroatoms. The van der Waals surface area contributed by atoms with Gasteiger partial charge in [0, 0.05) is 22.9 Å². The molecule has 0 spiro atoms. The van der Waals surface area contributed by atoms with Gasteiger partial charge in [0.1, 0.15) is 30.1 Å². The summed E-state index contributed by atoms with van der Waals surface area (Å²) in [5, 5.41) is 31.1. The third kappa shape index (κ3) is 5.42. The number of carbonyl (C=O) groups is 3. The molecule has 2 aromatic rings. The minimum Gasteiger partial charge on any atom is -0.477 e. The Morgan fingerprint density at radius 2 is 2.19 bits per heavy atom. The number of β-lactam (4-membered cyclic amide) rings is 1. The van der Waals surface area contributed by atoms with Crippen LogP contribution in [0.2, 0.25) is 0 Å². The molecule has 1 saturated heterocycles. The first-order valence-corrected chi connectivity index (χ1v) is 13.9. The lowest BCUT2D eigenvalue weighted by Gasteiger charge is -2.49. The number of carboxylic acid groups (broad SMARTS) is 1. The molecule has 194 valence electrons. The Morgan fingerprint density at radius 1 is 1.43 bits per heavy atom. The lowest BCUT2D eigenvalue weighted by Crippen LogP contribution is -2.71. The van der Waals surface area contributed by atoms with Crippen molar-refractivity contribution >= 4 is 97.9 Å². The maximum Gasteiger partial charge on any atom is 0.353 e. The molecule has 2 aliphatic heterocycles. The van der Waals surface area contributed by atoms with Crippen molar-refractivity contribution in [2.75, 3.05) is 24.3 Å². The molecular weight excluding hydrogens is 585 g/mol. The fourth-order valence-corrected chi connectivity index (χ4v) is 7.02. The highest BCUT2D eigenvalue weighted by Crippen LogP contribution is 2.41. The van der Waals surface area contributed by atoms with Crippen molar-refractivity contribution in [3.05, 3.63) is 22.1 Å². The molecule has 4 heterocycles. The minimum absolute atomic E-state index is 0.0274. The van der Waals surface area contributed by atoms with E-state index in [2.05, 4.69) is 30.0 Å². The number of fused-ring (bicyclic) bond motifs is 1. The molecule has 37 heavy (non-hydrogen) atoms. The SMILES string of the molecule is CON=C(C(=O)N[C@@H]1C(=O)N2C(C(=O)O)=C(C(=S)c3nnc(SCC(=N)N)s3)CS[C@@H]12)c1nsc(N)n1. The van der Waals surface area contributed by atoms with E-state index in [9.17, 15) is 19.5 Å².